The normalized spacial score (nSPS) is 14.0. The summed E-state index contributed by atoms with van der Waals surface area (Å²) >= 11 is 0. The summed E-state index contributed by atoms with van der Waals surface area (Å²) in [5.74, 6) is -10.4. The molecule has 0 atom stereocenters. The van der Waals surface area contributed by atoms with E-state index in [1.54, 1.807) is 6.08 Å². The number of fused-ring (bicyclic) bond motifs is 1. The van der Waals surface area contributed by atoms with Crippen molar-refractivity contribution in [1.29, 1.82) is 0 Å². The third-order valence-electron chi connectivity index (χ3n) is 4.80. The smallest absolute Gasteiger partial charge is 0.231 e. The van der Waals surface area contributed by atoms with Crippen LogP contribution in [0.1, 0.15) is 27.0 Å². The maximum atomic E-state index is 13.8. The monoisotopic (exact) mass is 432 g/mol. The van der Waals surface area contributed by atoms with Crippen molar-refractivity contribution in [2.45, 2.75) is 13.5 Å². The van der Waals surface area contributed by atoms with E-state index in [4.69, 9.17) is 9.47 Å². The largest absolute Gasteiger partial charge is 0.489 e. The van der Waals surface area contributed by atoms with Gasteiger partial charge in [0, 0.05) is 6.07 Å². The van der Waals surface area contributed by atoms with Crippen LogP contribution in [0.2, 0.25) is 0 Å². The summed E-state index contributed by atoms with van der Waals surface area (Å²) < 4.78 is 78.1. The molecule has 0 unspecified atom stereocenters. The van der Waals surface area contributed by atoms with Crippen molar-refractivity contribution in [3.8, 4) is 11.5 Å². The maximum absolute atomic E-state index is 13.8. The van der Waals surface area contributed by atoms with Gasteiger partial charge in [-0.3, -0.25) is 4.79 Å². The van der Waals surface area contributed by atoms with E-state index < -0.39 is 41.3 Å². The van der Waals surface area contributed by atoms with Crippen molar-refractivity contribution in [2.75, 3.05) is 0 Å². The van der Waals surface area contributed by atoms with Gasteiger partial charge in [-0.2, -0.15) is 0 Å². The Balaban J connectivity index is 1.57. The molecule has 158 valence electrons. The Morgan fingerprint density at radius 2 is 1.55 bits per heavy atom. The fourth-order valence-corrected chi connectivity index (χ4v) is 3.08. The van der Waals surface area contributed by atoms with Crippen LogP contribution in [0.3, 0.4) is 0 Å². The van der Waals surface area contributed by atoms with Crippen molar-refractivity contribution in [3.63, 3.8) is 0 Å². The Kier molecular flexibility index (Phi) is 5.22. The number of Topliss-reactive ketones (excluding diaryl/α,β-unsaturated/α-hetero) is 1. The summed E-state index contributed by atoms with van der Waals surface area (Å²) in [5, 5.41) is 0. The van der Waals surface area contributed by atoms with Crippen LogP contribution in [0.5, 0.6) is 11.5 Å². The van der Waals surface area contributed by atoms with E-state index in [0.717, 1.165) is 11.1 Å². The Morgan fingerprint density at radius 3 is 2.23 bits per heavy atom. The molecule has 3 nitrogen and oxygen atoms in total. The van der Waals surface area contributed by atoms with Crippen molar-refractivity contribution in [2.24, 2.45) is 0 Å². The predicted octanol–water partition coefficient (Wildman–Crippen LogP) is 5.89. The topological polar surface area (TPSA) is 35.5 Å². The molecule has 0 fully saturated rings. The number of hydrogen-bond donors (Lipinski definition) is 0. The molecule has 0 radical (unpaired) electrons. The zero-order valence-corrected chi connectivity index (χ0v) is 15.9. The second kappa shape index (κ2) is 7.86. The van der Waals surface area contributed by atoms with E-state index in [1.807, 2.05) is 31.2 Å². The molecule has 31 heavy (non-hydrogen) atoms. The second-order valence-corrected chi connectivity index (χ2v) is 6.79. The van der Waals surface area contributed by atoms with Crippen molar-refractivity contribution in [3.05, 3.63) is 99.6 Å². The fraction of sp³-hybridized carbons (Fsp3) is 0.0870. The van der Waals surface area contributed by atoms with Crippen LogP contribution in [-0.2, 0) is 6.61 Å². The van der Waals surface area contributed by atoms with Gasteiger partial charge in [-0.05, 0) is 36.3 Å². The highest BCUT2D eigenvalue weighted by atomic mass is 19.2. The van der Waals surface area contributed by atoms with Crippen molar-refractivity contribution >= 4 is 11.9 Å². The average molecular weight is 432 g/mol. The number of ether oxygens (including phenoxy) is 2. The first kappa shape index (κ1) is 20.6. The molecule has 0 bridgehead atoms. The van der Waals surface area contributed by atoms with Crippen LogP contribution >= 0.6 is 0 Å². The number of ketones is 1. The van der Waals surface area contributed by atoms with Gasteiger partial charge >= 0.3 is 0 Å². The minimum Gasteiger partial charge on any atom is -0.489 e. The number of rotatable bonds is 4. The Morgan fingerprint density at radius 1 is 0.903 bits per heavy atom. The van der Waals surface area contributed by atoms with E-state index in [0.29, 0.717) is 0 Å². The van der Waals surface area contributed by atoms with Crippen LogP contribution < -0.4 is 9.47 Å². The van der Waals surface area contributed by atoms with Crippen LogP contribution in [0.15, 0.2) is 48.2 Å². The molecular weight excluding hydrogens is 419 g/mol. The summed E-state index contributed by atoms with van der Waals surface area (Å²) in [4.78, 5) is 12.5. The second-order valence-electron chi connectivity index (χ2n) is 6.79. The quantitative estimate of drug-likeness (QED) is 0.223. The Bertz CT molecular complexity index is 1220. The van der Waals surface area contributed by atoms with Crippen molar-refractivity contribution in [1.82, 2.24) is 0 Å². The molecule has 0 saturated carbocycles. The lowest BCUT2D eigenvalue weighted by Crippen LogP contribution is -2.09. The zero-order chi connectivity index (χ0) is 22.3. The highest BCUT2D eigenvalue weighted by Gasteiger charge is 2.29. The molecule has 4 rings (SSSR count). The molecule has 3 aromatic carbocycles. The standard InChI is InChI=1S/C23H13F5O3/c1-11-4-2-3-5-12(11)8-17-23(29)14-7-6-13(9-16(14)31-17)30-10-15-18(24)20(26)22(28)21(27)19(15)25/h2-9H,10H2,1H3. The highest BCUT2D eigenvalue weighted by Crippen LogP contribution is 2.35. The molecule has 8 heteroatoms. The molecule has 3 aromatic rings. The van der Waals surface area contributed by atoms with Gasteiger partial charge in [-0.25, -0.2) is 22.0 Å². The molecule has 0 saturated heterocycles. The lowest BCUT2D eigenvalue weighted by molar-refractivity contribution is 0.101. The van der Waals surface area contributed by atoms with Gasteiger partial charge < -0.3 is 9.47 Å². The Hall–Kier alpha value is -3.68. The molecule has 0 amide bonds. The van der Waals surface area contributed by atoms with Gasteiger partial charge in [-0.1, -0.05) is 24.3 Å². The lowest BCUT2D eigenvalue weighted by atomic mass is 10.1. The molecule has 1 heterocycles. The Labute approximate surface area is 173 Å². The van der Waals surface area contributed by atoms with Gasteiger partial charge in [0.05, 0.1) is 11.1 Å². The van der Waals surface area contributed by atoms with Gasteiger partial charge in [0.15, 0.2) is 29.0 Å². The number of benzene rings is 3. The molecule has 1 aliphatic heterocycles. The number of allylic oxidation sites excluding steroid dienone is 1. The third-order valence-corrected chi connectivity index (χ3v) is 4.80. The summed E-state index contributed by atoms with van der Waals surface area (Å²) in [6, 6.07) is 11.4. The third kappa shape index (κ3) is 3.65. The first-order valence-corrected chi connectivity index (χ1v) is 9.05. The zero-order valence-electron chi connectivity index (χ0n) is 15.9. The first-order valence-electron chi connectivity index (χ1n) is 9.05. The van der Waals surface area contributed by atoms with E-state index in [-0.39, 0.29) is 28.6 Å². The molecule has 0 spiro atoms. The van der Waals surface area contributed by atoms with Crippen LogP contribution in [0.4, 0.5) is 22.0 Å². The predicted molar refractivity (Wildman–Crippen MR) is 101 cm³/mol. The van der Waals surface area contributed by atoms with Crippen LogP contribution in [0, 0.1) is 36.0 Å². The summed E-state index contributed by atoms with van der Waals surface area (Å²) in [5.41, 5.74) is 0.882. The SMILES string of the molecule is Cc1ccccc1C=C1Oc2cc(OCc3c(F)c(F)c(F)c(F)c3F)ccc2C1=O. The summed E-state index contributed by atoms with van der Waals surface area (Å²) in [6.45, 7) is 0.967. The summed E-state index contributed by atoms with van der Waals surface area (Å²) in [6.07, 6.45) is 1.59. The molecule has 0 N–H and O–H groups in total. The van der Waals surface area contributed by atoms with Crippen molar-refractivity contribution < 1.29 is 36.2 Å². The molecule has 0 aliphatic carbocycles. The first-order chi connectivity index (χ1) is 14.8. The van der Waals surface area contributed by atoms with Crippen LogP contribution in [-0.4, -0.2) is 5.78 Å². The van der Waals surface area contributed by atoms with Gasteiger partial charge in [0.1, 0.15) is 18.1 Å². The van der Waals surface area contributed by atoms with Gasteiger partial charge in [0.25, 0.3) is 0 Å². The van der Waals surface area contributed by atoms with Gasteiger partial charge in [0.2, 0.25) is 11.6 Å². The molecular formula is C23H13F5O3. The average Bonchev–Trinajstić information content (AvgIpc) is 3.07. The molecule has 1 aliphatic rings. The molecule has 0 aromatic heterocycles. The minimum atomic E-state index is -2.24. The maximum Gasteiger partial charge on any atom is 0.231 e. The van der Waals surface area contributed by atoms with E-state index >= 15 is 0 Å². The number of carbonyl (C=O) groups is 1. The van der Waals surface area contributed by atoms with E-state index in [2.05, 4.69) is 0 Å². The van der Waals surface area contributed by atoms with E-state index in [9.17, 15) is 26.7 Å². The minimum absolute atomic E-state index is 0.0210. The van der Waals surface area contributed by atoms with E-state index in [1.165, 1.54) is 18.2 Å². The van der Waals surface area contributed by atoms with Crippen LogP contribution in [0.25, 0.3) is 6.08 Å². The number of carbonyl (C=O) groups excluding carboxylic acids is 1. The number of hydrogen-bond acceptors (Lipinski definition) is 3. The number of halogens is 5. The fourth-order valence-electron chi connectivity index (χ4n) is 3.08. The summed E-state index contributed by atoms with van der Waals surface area (Å²) in [7, 11) is 0. The number of aryl methyl sites for hydroxylation is 1. The van der Waals surface area contributed by atoms with Gasteiger partial charge in [-0.15, -0.1) is 0 Å². The lowest BCUT2D eigenvalue weighted by Gasteiger charge is -2.10. The highest BCUT2D eigenvalue weighted by molar-refractivity contribution is 6.14.